The normalized spacial score (nSPS) is 17.9. The van der Waals surface area contributed by atoms with E-state index in [1.165, 1.54) is 0 Å². The third-order valence-electron chi connectivity index (χ3n) is 3.53. The molecule has 0 aliphatic carbocycles. The molecule has 1 N–H and O–H groups in total. The van der Waals surface area contributed by atoms with E-state index in [9.17, 15) is 14.8 Å². The zero-order valence-electron chi connectivity index (χ0n) is 11.5. The lowest BCUT2D eigenvalue weighted by Crippen LogP contribution is -2.40. The van der Waals surface area contributed by atoms with Crippen molar-refractivity contribution < 1.29 is 14.8 Å². The van der Waals surface area contributed by atoms with E-state index in [0.29, 0.717) is 16.4 Å². The minimum absolute atomic E-state index is 0.102. The summed E-state index contributed by atoms with van der Waals surface area (Å²) in [6.45, 7) is 0. The van der Waals surface area contributed by atoms with E-state index in [1.54, 1.807) is 54.6 Å². The van der Waals surface area contributed by atoms with Crippen molar-refractivity contribution in [2.24, 2.45) is 0 Å². The molecule has 112 valence electrons. The number of benzene rings is 2. The van der Waals surface area contributed by atoms with E-state index in [4.69, 9.17) is 11.6 Å². The van der Waals surface area contributed by atoms with Gasteiger partial charge in [-0.2, -0.15) is 0 Å². The molecule has 22 heavy (non-hydrogen) atoms. The first kappa shape index (κ1) is 14.6. The zero-order valence-corrected chi connectivity index (χ0v) is 12.3. The molecule has 1 heterocycles. The molecule has 2 aromatic carbocycles. The van der Waals surface area contributed by atoms with Crippen LogP contribution in [0.4, 0.5) is 11.4 Å². The zero-order chi connectivity index (χ0) is 15.7. The van der Waals surface area contributed by atoms with Gasteiger partial charge in [0.25, 0.3) is 5.91 Å². The van der Waals surface area contributed by atoms with Gasteiger partial charge in [-0.3, -0.25) is 14.8 Å². The molecule has 1 aliphatic rings. The molecule has 1 fully saturated rings. The summed E-state index contributed by atoms with van der Waals surface area (Å²) in [5.41, 5.74) is 0.790. The lowest BCUT2D eigenvalue weighted by molar-refractivity contribution is -0.121. The van der Waals surface area contributed by atoms with Crippen LogP contribution in [0.3, 0.4) is 0 Å². The van der Waals surface area contributed by atoms with Crippen LogP contribution in [0.15, 0.2) is 54.6 Å². The summed E-state index contributed by atoms with van der Waals surface area (Å²) in [4.78, 5) is 25.7. The third kappa shape index (κ3) is 2.45. The van der Waals surface area contributed by atoms with Crippen LogP contribution < -0.4 is 9.96 Å². The van der Waals surface area contributed by atoms with Crippen LogP contribution in [0.1, 0.15) is 6.42 Å². The van der Waals surface area contributed by atoms with Gasteiger partial charge in [-0.15, -0.1) is 0 Å². The van der Waals surface area contributed by atoms with E-state index in [-0.39, 0.29) is 6.42 Å². The number of amides is 2. The van der Waals surface area contributed by atoms with E-state index < -0.39 is 17.9 Å². The van der Waals surface area contributed by atoms with Gasteiger partial charge in [-0.05, 0) is 24.3 Å². The summed E-state index contributed by atoms with van der Waals surface area (Å²) in [6.07, 6.45) is -0.102. The second-order valence-corrected chi connectivity index (χ2v) is 5.33. The average molecular weight is 317 g/mol. The fourth-order valence-electron chi connectivity index (χ4n) is 2.45. The highest BCUT2D eigenvalue weighted by Gasteiger charge is 2.43. The van der Waals surface area contributed by atoms with Crippen molar-refractivity contribution >= 4 is 34.8 Å². The smallest absolute Gasteiger partial charge is 0.259 e. The van der Waals surface area contributed by atoms with Crippen LogP contribution in [-0.2, 0) is 9.59 Å². The van der Waals surface area contributed by atoms with Gasteiger partial charge in [0.2, 0.25) is 5.91 Å². The second kappa shape index (κ2) is 5.79. The van der Waals surface area contributed by atoms with Crippen molar-refractivity contribution in [1.29, 1.82) is 0 Å². The summed E-state index contributed by atoms with van der Waals surface area (Å²) in [7, 11) is 0. The first-order valence-electron chi connectivity index (χ1n) is 6.74. The molecule has 1 saturated heterocycles. The molecule has 0 saturated carbocycles. The van der Waals surface area contributed by atoms with Crippen LogP contribution in [0.2, 0.25) is 5.02 Å². The minimum atomic E-state index is -0.953. The number of para-hydroxylation sites is 2. The lowest BCUT2D eigenvalue weighted by atomic mass is 10.2. The van der Waals surface area contributed by atoms with Gasteiger partial charge in [0.05, 0.1) is 22.8 Å². The SMILES string of the molecule is O=C1C[C@H](N(O)c2ccccc2)C(=O)N1c1ccccc1Cl. The highest BCUT2D eigenvalue weighted by Crippen LogP contribution is 2.32. The maximum atomic E-state index is 12.5. The molecule has 3 rings (SSSR count). The monoisotopic (exact) mass is 316 g/mol. The van der Waals surface area contributed by atoms with Crippen molar-refractivity contribution in [2.45, 2.75) is 12.5 Å². The molecular formula is C16H13ClN2O3. The number of rotatable bonds is 3. The number of halogens is 1. The standard InChI is InChI=1S/C16H13ClN2O3/c17-12-8-4-5-9-13(12)18-15(20)10-14(16(18)21)19(22)11-6-2-1-3-7-11/h1-9,14,22H,10H2/t14-/m0/s1. The summed E-state index contributed by atoms with van der Waals surface area (Å²) in [6, 6.07) is 14.3. The molecule has 2 aromatic rings. The fourth-order valence-corrected chi connectivity index (χ4v) is 2.67. The number of hydrogen-bond donors (Lipinski definition) is 1. The Kier molecular flexibility index (Phi) is 3.83. The largest absolute Gasteiger partial charge is 0.288 e. The summed E-state index contributed by atoms with van der Waals surface area (Å²) in [5.74, 6) is -0.887. The van der Waals surface area contributed by atoms with Crippen LogP contribution in [-0.4, -0.2) is 23.1 Å². The molecule has 5 nitrogen and oxygen atoms in total. The van der Waals surface area contributed by atoms with Crippen LogP contribution in [0, 0.1) is 0 Å². The van der Waals surface area contributed by atoms with Gasteiger partial charge in [0, 0.05) is 0 Å². The van der Waals surface area contributed by atoms with Crippen LogP contribution in [0.5, 0.6) is 0 Å². The minimum Gasteiger partial charge on any atom is -0.288 e. The highest BCUT2D eigenvalue weighted by atomic mass is 35.5. The van der Waals surface area contributed by atoms with Crippen molar-refractivity contribution in [3.63, 3.8) is 0 Å². The number of hydrogen-bond acceptors (Lipinski definition) is 4. The third-order valence-corrected chi connectivity index (χ3v) is 3.85. The van der Waals surface area contributed by atoms with Crippen LogP contribution >= 0.6 is 11.6 Å². The molecule has 0 unspecified atom stereocenters. The van der Waals surface area contributed by atoms with Crippen LogP contribution in [0.25, 0.3) is 0 Å². The second-order valence-electron chi connectivity index (χ2n) is 4.92. The molecule has 0 bridgehead atoms. The number of hydroxylamine groups is 1. The first-order valence-corrected chi connectivity index (χ1v) is 7.12. The quantitative estimate of drug-likeness (QED) is 0.698. The Morgan fingerprint density at radius 3 is 2.36 bits per heavy atom. The molecule has 2 amide bonds. The Hall–Kier alpha value is -2.37. The van der Waals surface area contributed by atoms with Gasteiger partial charge in [0.1, 0.15) is 6.04 Å². The van der Waals surface area contributed by atoms with Gasteiger partial charge < -0.3 is 0 Å². The molecular weight excluding hydrogens is 304 g/mol. The topological polar surface area (TPSA) is 60.9 Å². The molecule has 6 heteroatoms. The van der Waals surface area contributed by atoms with E-state index in [1.807, 2.05) is 0 Å². The predicted octanol–water partition coefficient (Wildman–Crippen LogP) is 2.87. The Labute approximate surface area is 132 Å². The highest BCUT2D eigenvalue weighted by molar-refractivity contribution is 6.36. The molecule has 0 spiro atoms. The summed E-state index contributed by atoms with van der Waals surface area (Å²) < 4.78 is 0. The first-order chi connectivity index (χ1) is 10.6. The number of nitrogens with zero attached hydrogens (tertiary/aromatic N) is 2. The predicted molar refractivity (Wildman–Crippen MR) is 83.1 cm³/mol. The van der Waals surface area contributed by atoms with Gasteiger partial charge >= 0.3 is 0 Å². The number of anilines is 2. The molecule has 0 aromatic heterocycles. The lowest BCUT2D eigenvalue weighted by Gasteiger charge is -2.23. The Balaban J connectivity index is 1.91. The molecule has 1 aliphatic heterocycles. The summed E-state index contributed by atoms with van der Waals surface area (Å²) in [5, 5.41) is 11.4. The fraction of sp³-hybridized carbons (Fsp3) is 0.125. The van der Waals surface area contributed by atoms with Gasteiger partial charge in [-0.25, -0.2) is 9.96 Å². The van der Waals surface area contributed by atoms with Gasteiger partial charge in [0.15, 0.2) is 0 Å². The maximum absolute atomic E-state index is 12.5. The number of carbonyl (C=O) groups excluding carboxylic acids is 2. The Morgan fingerprint density at radius 1 is 1.05 bits per heavy atom. The average Bonchev–Trinajstić information content (AvgIpc) is 2.83. The molecule has 1 atom stereocenters. The molecule has 0 radical (unpaired) electrons. The number of imide groups is 1. The van der Waals surface area contributed by atoms with Crippen molar-refractivity contribution in [1.82, 2.24) is 0 Å². The summed E-state index contributed by atoms with van der Waals surface area (Å²) >= 11 is 6.06. The van der Waals surface area contributed by atoms with Crippen molar-refractivity contribution in [3.8, 4) is 0 Å². The van der Waals surface area contributed by atoms with Gasteiger partial charge in [-0.1, -0.05) is 41.9 Å². The van der Waals surface area contributed by atoms with Crippen molar-refractivity contribution in [2.75, 3.05) is 9.96 Å². The Bertz CT molecular complexity index is 720. The van der Waals surface area contributed by atoms with E-state index in [2.05, 4.69) is 0 Å². The number of carbonyl (C=O) groups is 2. The van der Waals surface area contributed by atoms with E-state index in [0.717, 1.165) is 9.96 Å². The maximum Gasteiger partial charge on any atom is 0.259 e. The van der Waals surface area contributed by atoms with Crippen molar-refractivity contribution in [3.05, 3.63) is 59.6 Å². The Morgan fingerprint density at radius 2 is 1.68 bits per heavy atom. The van der Waals surface area contributed by atoms with E-state index >= 15 is 0 Å².